The van der Waals surface area contributed by atoms with Crippen LogP contribution in [-0.2, 0) is 19.7 Å². The van der Waals surface area contributed by atoms with Crippen molar-refractivity contribution in [2.45, 2.75) is 49.7 Å². The van der Waals surface area contributed by atoms with E-state index in [0.717, 1.165) is 62.2 Å². The number of carbonyl (C=O) groups is 2. The molecular weight excluding hydrogens is 492 g/mol. The van der Waals surface area contributed by atoms with Crippen molar-refractivity contribution >= 4 is 18.0 Å². The van der Waals surface area contributed by atoms with Crippen LogP contribution in [0.15, 0.2) is 67.3 Å². The number of carbonyl (C=O) groups excluding carboxylic acids is 2. The van der Waals surface area contributed by atoms with Crippen molar-refractivity contribution in [2.75, 3.05) is 40.9 Å². The summed E-state index contributed by atoms with van der Waals surface area (Å²) in [5.41, 5.74) is 1.19. The van der Waals surface area contributed by atoms with Gasteiger partial charge in [-0.3, -0.25) is 14.5 Å². The molecule has 1 amide bonds. The van der Waals surface area contributed by atoms with Crippen LogP contribution in [-0.4, -0.2) is 74.2 Å². The van der Waals surface area contributed by atoms with Gasteiger partial charge in [0.1, 0.15) is 11.5 Å². The molecule has 1 saturated heterocycles. The Kier molecular flexibility index (Phi) is 8.93. The van der Waals surface area contributed by atoms with Crippen molar-refractivity contribution in [2.24, 2.45) is 0 Å². The molecule has 0 bridgehead atoms. The summed E-state index contributed by atoms with van der Waals surface area (Å²) in [5, 5.41) is 0. The van der Waals surface area contributed by atoms with Crippen molar-refractivity contribution in [1.82, 2.24) is 9.80 Å². The monoisotopic (exact) mass is 532 g/mol. The molecule has 0 radical (unpaired) electrons. The van der Waals surface area contributed by atoms with Gasteiger partial charge in [-0.2, -0.15) is 0 Å². The molecule has 3 unspecified atom stereocenters. The quantitative estimate of drug-likeness (QED) is 0.199. The number of hydrogen-bond donors (Lipinski definition) is 0. The van der Waals surface area contributed by atoms with Crippen LogP contribution in [0.2, 0.25) is 0 Å². The van der Waals surface area contributed by atoms with E-state index in [2.05, 4.69) is 17.5 Å². The maximum absolute atomic E-state index is 13.3. The van der Waals surface area contributed by atoms with E-state index in [1.165, 1.54) is 6.92 Å². The Balaban J connectivity index is 1.65. The number of likely N-dealkylation sites (tertiary alicyclic amines) is 1. The van der Waals surface area contributed by atoms with E-state index in [1.54, 1.807) is 20.3 Å². The second-order valence-corrected chi connectivity index (χ2v) is 10.6. The van der Waals surface area contributed by atoms with Crippen LogP contribution in [0.4, 0.5) is 0 Å². The molecule has 7 heteroatoms. The summed E-state index contributed by atoms with van der Waals surface area (Å²) in [4.78, 5) is 29.3. The van der Waals surface area contributed by atoms with Gasteiger partial charge in [-0.15, -0.1) is 6.58 Å². The van der Waals surface area contributed by atoms with E-state index >= 15 is 0 Å². The minimum absolute atomic E-state index is 0.0269. The highest BCUT2D eigenvalue weighted by molar-refractivity contribution is 5.91. The lowest BCUT2D eigenvalue weighted by molar-refractivity contribution is -0.157. The van der Waals surface area contributed by atoms with Gasteiger partial charge in [0.2, 0.25) is 5.91 Å². The fourth-order valence-electron chi connectivity index (χ4n) is 6.47. The third-order valence-electron chi connectivity index (χ3n) is 8.51. The summed E-state index contributed by atoms with van der Waals surface area (Å²) < 4.78 is 17.2. The summed E-state index contributed by atoms with van der Waals surface area (Å²) in [7, 11) is 5.32. The first-order valence-corrected chi connectivity index (χ1v) is 13.5. The molecule has 7 nitrogen and oxygen atoms in total. The number of esters is 1. The van der Waals surface area contributed by atoms with Crippen LogP contribution in [0.5, 0.6) is 11.5 Å². The fourth-order valence-corrected chi connectivity index (χ4v) is 6.47. The van der Waals surface area contributed by atoms with Crippen molar-refractivity contribution in [3.8, 4) is 11.5 Å². The zero-order valence-corrected chi connectivity index (χ0v) is 23.5. The van der Waals surface area contributed by atoms with Crippen LogP contribution in [0.3, 0.4) is 0 Å². The number of methoxy groups -OCH3 is 2. The van der Waals surface area contributed by atoms with Crippen LogP contribution in [0.25, 0.3) is 6.08 Å². The molecular formula is C32H40N2O5. The van der Waals surface area contributed by atoms with Crippen molar-refractivity contribution in [1.29, 1.82) is 0 Å². The molecule has 1 saturated carbocycles. The van der Waals surface area contributed by atoms with E-state index in [0.29, 0.717) is 5.75 Å². The van der Waals surface area contributed by atoms with Gasteiger partial charge in [-0.25, -0.2) is 0 Å². The van der Waals surface area contributed by atoms with E-state index in [-0.39, 0.29) is 23.3 Å². The molecule has 0 spiro atoms. The number of nitrogens with zero attached hydrogens (tertiary/aromatic N) is 2. The lowest BCUT2D eigenvalue weighted by Gasteiger charge is -2.60. The van der Waals surface area contributed by atoms with Gasteiger partial charge in [0.05, 0.1) is 12.7 Å². The van der Waals surface area contributed by atoms with Gasteiger partial charge < -0.3 is 19.1 Å². The molecule has 208 valence electrons. The number of amides is 1. The summed E-state index contributed by atoms with van der Waals surface area (Å²) in [6, 6.07) is 15.5. The largest absolute Gasteiger partial charge is 0.497 e. The number of rotatable bonds is 9. The average molecular weight is 533 g/mol. The number of piperidine rings is 1. The molecule has 4 rings (SSSR count). The highest BCUT2D eigenvalue weighted by atomic mass is 16.5. The second kappa shape index (κ2) is 12.2. The van der Waals surface area contributed by atoms with Gasteiger partial charge in [0.15, 0.2) is 0 Å². The first kappa shape index (κ1) is 28.6. The first-order chi connectivity index (χ1) is 18.8. The van der Waals surface area contributed by atoms with Crippen LogP contribution >= 0.6 is 0 Å². The minimum Gasteiger partial charge on any atom is -0.497 e. The molecule has 0 N–H and O–H groups in total. The Labute approximate surface area is 232 Å². The van der Waals surface area contributed by atoms with Gasteiger partial charge in [-0.05, 0) is 73.7 Å². The predicted molar refractivity (Wildman–Crippen MR) is 153 cm³/mol. The zero-order chi connectivity index (χ0) is 28.0. The van der Waals surface area contributed by atoms with Crippen LogP contribution < -0.4 is 9.47 Å². The van der Waals surface area contributed by atoms with Gasteiger partial charge >= 0.3 is 5.97 Å². The first-order valence-electron chi connectivity index (χ1n) is 13.5. The van der Waals surface area contributed by atoms with Gasteiger partial charge in [0.25, 0.3) is 0 Å². The molecule has 1 heterocycles. The SMILES string of the molecule is C=CCN1CCC2(c3cccc(OC(C)=O)c3)CC(N(C)C(=O)/C=C/c3cccc(OC)c3)CCC2(OC)C1. The molecule has 1 aliphatic heterocycles. The van der Waals surface area contributed by atoms with E-state index in [4.69, 9.17) is 14.2 Å². The number of fused-ring (bicyclic) bond motifs is 1. The average Bonchev–Trinajstić information content (AvgIpc) is 2.95. The van der Waals surface area contributed by atoms with E-state index in [1.807, 2.05) is 66.6 Å². The van der Waals surface area contributed by atoms with E-state index in [9.17, 15) is 9.59 Å². The van der Waals surface area contributed by atoms with Crippen molar-refractivity contribution in [3.63, 3.8) is 0 Å². The van der Waals surface area contributed by atoms with Crippen molar-refractivity contribution < 1.29 is 23.8 Å². The molecule has 39 heavy (non-hydrogen) atoms. The summed E-state index contributed by atoms with van der Waals surface area (Å²) in [5.74, 6) is 0.890. The molecule has 2 aromatic carbocycles. The lowest BCUT2D eigenvalue weighted by Crippen LogP contribution is -2.68. The zero-order valence-electron chi connectivity index (χ0n) is 23.5. The molecule has 2 fully saturated rings. The summed E-state index contributed by atoms with van der Waals surface area (Å²) in [6.45, 7) is 7.80. The Hall–Kier alpha value is -3.42. The number of hydrogen-bond acceptors (Lipinski definition) is 6. The molecule has 3 atom stereocenters. The Morgan fingerprint density at radius 1 is 1.13 bits per heavy atom. The summed E-state index contributed by atoms with van der Waals surface area (Å²) in [6.07, 6.45) is 8.64. The normalized spacial score (nSPS) is 25.1. The fraction of sp³-hybridized carbons (Fsp3) is 0.438. The Morgan fingerprint density at radius 2 is 1.90 bits per heavy atom. The molecule has 2 aliphatic rings. The highest BCUT2D eigenvalue weighted by Crippen LogP contribution is 2.54. The maximum atomic E-state index is 13.3. The smallest absolute Gasteiger partial charge is 0.308 e. The van der Waals surface area contributed by atoms with Crippen LogP contribution in [0.1, 0.15) is 43.7 Å². The third-order valence-corrected chi connectivity index (χ3v) is 8.51. The van der Waals surface area contributed by atoms with Crippen LogP contribution in [0, 0.1) is 0 Å². The highest BCUT2D eigenvalue weighted by Gasteiger charge is 2.59. The maximum Gasteiger partial charge on any atom is 0.308 e. The van der Waals surface area contributed by atoms with Crippen molar-refractivity contribution in [3.05, 3.63) is 78.4 Å². The number of likely N-dealkylation sites (N-methyl/N-ethyl adjacent to an activating group) is 1. The topological polar surface area (TPSA) is 68.3 Å². The van der Waals surface area contributed by atoms with E-state index < -0.39 is 5.60 Å². The third kappa shape index (κ3) is 5.94. The molecule has 0 aromatic heterocycles. The summed E-state index contributed by atoms with van der Waals surface area (Å²) >= 11 is 0. The lowest BCUT2D eigenvalue weighted by atomic mass is 9.55. The standard InChI is InChI=1S/C32H40N2O5/c1-6-18-34-19-17-31(26-10-8-12-29(21-26)39-24(2)35)22-27(15-16-32(31,23-34)38-5)33(3)30(36)14-13-25-9-7-11-28(20-25)37-4/h6-14,20-21,27H,1,15-19,22-23H2,2-5H3/b14-13+. The number of benzene rings is 2. The number of ether oxygens (including phenoxy) is 3. The predicted octanol–water partition coefficient (Wildman–Crippen LogP) is 4.86. The minimum atomic E-state index is -0.445. The van der Waals surface area contributed by atoms with Gasteiger partial charge in [-0.1, -0.05) is 30.3 Å². The molecule has 1 aliphatic carbocycles. The molecule has 2 aromatic rings. The Bertz CT molecular complexity index is 1230. The Morgan fingerprint density at radius 3 is 2.62 bits per heavy atom. The van der Waals surface area contributed by atoms with Gasteiger partial charge in [0, 0.05) is 51.7 Å². The second-order valence-electron chi connectivity index (χ2n) is 10.6.